The number of aromatic nitrogens is 1. The highest BCUT2D eigenvalue weighted by Gasteiger charge is 2.43. The Balaban J connectivity index is 1.74. The molecule has 1 aromatic heterocycles. The van der Waals surface area contributed by atoms with Crippen LogP contribution in [0.15, 0.2) is 49.8 Å². The van der Waals surface area contributed by atoms with Crippen molar-refractivity contribution in [3.05, 3.63) is 55.4 Å². The highest BCUT2D eigenvalue weighted by Crippen LogP contribution is 2.37. The number of rotatable bonds is 8. The third-order valence-electron chi connectivity index (χ3n) is 5.86. The van der Waals surface area contributed by atoms with Crippen molar-refractivity contribution >= 4 is 11.8 Å². The van der Waals surface area contributed by atoms with Crippen LogP contribution >= 0.6 is 0 Å². The van der Waals surface area contributed by atoms with Gasteiger partial charge >= 0.3 is 0 Å². The van der Waals surface area contributed by atoms with Gasteiger partial charge in [-0.2, -0.15) is 0 Å². The zero-order valence-electron chi connectivity index (χ0n) is 16.5. The lowest BCUT2D eigenvalue weighted by Gasteiger charge is -2.40. The number of carbonyl (C=O) groups is 2. The predicted molar refractivity (Wildman–Crippen MR) is 109 cm³/mol. The molecule has 1 N–H and O–H groups in total. The van der Waals surface area contributed by atoms with Crippen LogP contribution in [0.4, 0.5) is 0 Å². The van der Waals surface area contributed by atoms with E-state index in [1.54, 1.807) is 6.20 Å². The van der Waals surface area contributed by atoms with E-state index in [-0.39, 0.29) is 23.8 Å². The fraction of sp³-hybridized carbons (Fsp3) is 0.500. The Labute approximate surface area is 167 Å². The van der Waals surface area contributed by atoms with Gasteiger partial charge in [-0.05, 0) is 37.3 Å². The first-order valence-electron chi connectivity index (χ1n) is 10.0. The predicted octanol–water partition coefficient (Wildman–Crippen LogP) is 2.29. The van der Waals surface area contributed by atoms with Crippen molar-refractivity contribution in [1.29, 1.82) is 0 Å². The maximum Gasteiger partial charge on any atom is 0.237 e. The Bertz CT molecular complexity index is 709. The number of piperazine rings is 1. The van der Waals surface area contributed by atoms with Crippen LogP contribution in [0.1, 0.15) is 37.7 Å². The van der Waals surface area contributed by atoms with Crippen molar-refractivity contribution in [3.63, 3.8) is 0 Å². The van der Waals surface area contributed by atoms with Crippen molar-refractivity contribution in [2.24, 2.45) is 0 Å². The minimum absolute atomic E-state index is 0.0411. The molecule has 150 valence electrons. The summed E-state index contributed by atoms with van der Waals surface area (Å²) in [5.74, 6) is -0.0276. The number of likely N-dealkylation sites (tertiary alicyclic amines) is 1. The summed E-state index contributed by atoms with van der Waals surface area (Å²) in [6, 6.07) is 3.44. The molecule has 1 aromatic rings. The van der Waals surface area contributed by atoms with Gasteiger partial charge in [-0.1, -0.05) is 18.2 Å². The third kappa shape index (κ3) is 4.33. The van der Waals surface area contributed by atoms with Crippen molar-refractivity contribution in [3.8, 4) is 0 Å². The molecule has 0 aromatic carbocycles. The highest BCUT2D eigenvalue weighted by atomic mass is 16.2. The van der Waals surface area contributed by atoms with Gasteiger partial charge < -0.3 is 10.2 Å². The second kappa shape index (κ2) is 9.15. The largest absolute Gasteiger partial charge is 0.353 e. The van der Waals surface area contributed by atoms with Gasteiger partial charge in [0, 0.05) is 44.1 Å². The number of nitrogens with one attached hydrogen (secondary N) is 1. The van der Waals surface area contributed by atoms with Crippen LogP contribution in [0.5, 0.6) is 0 Å². The molecule has 6 nitrogen and oxygen atoms in total. The minimum atomic E-state index is -0.452. The van der Waals surface area contributed by atoms with Crippen LogP contribution in [-0.2, 0) is 16.1 Å². The SMILES string of the molecule is C=CCC1(CC=C)CCCN1C(=O)C[C@@H]1C(=O)NCCN1Cc1cccnc1. The van der Waals surface area contributed by atoms with Gasteiger partial charge in [-0.15, -0.1) is 13.2 Å². The number of hydrogen-bond acceptors (Lipinski definition) is 4. The molecule has 2 aliphatic heterocycles. The molecule has 0 radical (unpaired) electrons. The molecule has 2 amide bonds. The topological polar surface area (TPSA) is 65.5 Å². The summed E-state index contributed by atoms with van der Waals surface area (Å²) in [5, 5.41) is 2.92. The fourth-order valence-corrected chi connectivity index (χ4v) is 4.55. The second-order valence-electron chi connectivity index (χ2n) is 7.70. The number of hydrogen-bond donors (Lipinski definition) is 1. The van der Waals surface area contributed by atoms with E-state index in [0.29, 0.717) is 13.1 Å². The van der Waals surface area contributed by atoms with Crippen molar-refractivity contribution < 1.29 is 9.59 Å². The Kier molecular flexibility index (Phi) is 6.62. The van der Waals surface area contributed by atoms with E-state index in [4.69, 9.17) is 0 Å². The van der Waals surface area contributed by atoms with Gasteiger partial charge in [0.15, 0.2) is 0 Å². The first-order valence-corrected chi connectivity index (χ1v) is 10.0. The number of carbonyl (C=O) groups excluding carboxylic acids is 2. The third-order valence-corrected chi connectivity index (χ3v) is 5.86. The molecule has 0 aliphatic carbocycles. The first kappa shape index (κ1) is 20.3. The summed E-state index contributed by atoms with van der Waals surface area (Å²) in [7, 11) is 0. The Morgan fingerprint density at radius 2 is 2.11 bits per heavy atom. The zero-order valence-corrected chi connectivity index (χ0v) is 16.5. The van der Waals surface area contributed by atoms with Gasteiger partial charge in [0.25, 0.3) is 0 Å². The van der Waals surface area contributed by atoms with Gasteiger partial charge in [0.05, 0.1) is 12.5 Å². The van der Waals surface area contributed by atoms with Crippen LogP contribution in [0.2, 0.25) is 0 Å². The molecule has 28 heavy (non-hydrogen) atoms. The average molecular weight is 383 g/mol. The summed E-state index contributed by atoms with van der Waals surface area (Å²) >= 11 is 0. The van der Waals surface area contributed by atoms with E-state index in [2.05, 4.69) is 28.4 Å². The monoisotopic (exact) mass is 382 g/mol. The fourth-order valence-electron chi connectivity index (χ4n) is 4.55. The van der Waals surface area contributed by atoms with Gasteiger partial charge in [-0.3, -0.25) is 19.5 Å². The Morgan fingerprint density at radius 3 is 2.79 bits per heavy atom. The summed E-state index contributed by atoms with van der Waals surface area (Å²) in [4.78, 5) is 34.1. The zero-order chi connectivity index (χ0) is 20.0. The van der Waals surface area contributed by atoms with E-state index in [9.17, 15) is 9.59 Å². The maximum absolute atomic E-state index is 13.3. The van der Waals surface area contributed by atoms with Crippen LogP contribution in [0.3, 0.4) is 0 Å². The van der Waals surface area contributed by atoms with Crippen molar-refractivity contribution in [2.45, 2.75) is 50.2 Å². The quantitative estimate of drug-likeness (QED) is 0.701. The van der Waals surface area contributed by atoms with E-state index >= 15 is 0 Å². The molecule has 3 rings (SSSR count). The second-order valence-corrected chi connectivity index (χ2v) is 7.70. The molecule has 0 unspecified atom stereocenters. The van der Waals surface area contributed by atoms with Crippen molar-refractivity contribution in [1.82, 2.24) is 20.1 Å². The normalized spacial score (nSPS) is 21.9. The Hall–Kier alpha value is -2.47. The number of nitrogens with zero attached hydrogens (tertiary/aromatic N) is 3. The van der Waals surface area contributed by atoms with Gasteiger partial charge in [-0.25, -0.2) is 0 Å². The van der Waals surface area contributed by atoms with Crippen LogP contribution < -0.4 is 5.32 Å². The average Bonchev–Trinajstić information content (AvgIpc) is 3.09. The molecule has 2 saturated heterocycles. The van der Waals surface area contributed by atoms with E-state index in [0.717, 1.165) is 44.3 Å². The summed E-state index contributed by atoms with van der Waals surface area (Å²) in [6.45, 7) is 10.4. The van der Waals surface area contributed by atoms with E-state index < -0.39 is 6.04 Å². The van der Waals surface area contributed by atoms with Gasteiger partial charge in [0.2, 0.25) is 11.8 Å². The van der Waals surface area contributed by atoms with Crippen molar-refractivity contribution in [2.75, 3.05) is 19.6 Å². The lowest BCUT2D eigenvalue weighted by atomic mass is 9.87. The lowest BCUT2D eigenvalue weighted by molar-refractivity contribution is -0.141. The van der Waals surface area contributed by atoms with Crippen LogP contribution in [0.25, 0.3) is 0 Å². The van der Waals surface area contributed by atoms with Crippen LogP contribution in [-0.4, -0.2) is 57.8 Å². The molecule has 3 heterocycles. The van der Waals surface area contributed by atoms with Gasteiger partial charge in [0.1, 0.15) is 0 Å². The molecule has 1 atom stereocenters. The number of amides is 2. The molecular formula is C22H30N4O2. The standard InChI is InChI=1S/C22H30N4O2/c1-3-8-22(9-4-2)10-6-13-26(22)20(27)15-19-21(28)24-12-14-25(19)17-18-7-5-11-23-16-18/h3-5,7,11,16,19H,1-2,6,8-10,12-15,17H2,(H,24,28)/t19-/m1/s1. The number of pyridine rings is 1. The maximum atomic E-state index is 13.3. The molecule has 0 bridgehead atoms. The van der Waals surface area contributed by atoms with E-state index in [1.807, 2.05) is 35.4 Å². The molecule has 0 spiro atoms. The highest BCUT2D eigenvalue weighted by molar-refractivity contribution is 5.89. The molecule has 6 heteroatoms. The first-order chi connectivity index (χ1) is 13.6. The minimum Gasteiger partial charge on any atom is -0.353 e. The molecule has 2 fully saturated rings. The molecular weight excluding hydrogens is 352 g/mol. The van der Waals surface area contributed by atoms with Crippen LogP contribution in [0, 0.1) is 0 Å². The lowest BCUT2D eigenvalue weighted by Crippen LogP contribution is -2.57. The molecule has 2 aliphatic rings. The molecule has 0 saturated carbocycles. The summed E-state index contributed by atoms with van der Waals surface area (Å²) in [5.41, 5.74) is 0.809. The summed E-state index contributed by atoms with van der Waals surface area (Å²) in [6.07, 6.45) is 10.9. The Morgan fingerprint density at radius 1 is 1.32 bits per heavy atom. The summed E-state index contributed by atoms with van der Waals surface area (Å²) < 4.78 is 0. The smallest absolute Gasteiger partial charge is 0.237 e. The van der Waals surface area contributed by atoms with E-state index in [1.165, 1.54) is 0 Å².